The van der Waals surface area contributed by atoms with Crippen molar-refractivity contribution >= 4 is 67.2 Å². The minimum atomic E-state index is -0.452. The Morgan fingerprint density at radius 2 is 1.97 bits per heavy atom. The first kappa shape index (κ1) is 28.7. The normalized spacial score (nSPS) is 11.7. The number of anilines is 1. The maximum atomic E-state index is 13.4. The van der Waals surface area contributed by atoms with E-state index in [1.54, 1.807) is 36.5 Å². The van der Waals surface area contributed by atoms with E-state index >= 15 is 0 Å². The SMILES string of the molecule is COc1cc(C=Nn2c(C(C)(C)C)nc3ccc(Br)cc3c2=O)cc(I)c1OCC(=O)Nc1cccc(F)c1. The van der Waals surface area contributed by atoms with Gasteiger partial charge in [-0.1, -0.05) is 42.8 Å². The smallest absolute Gasteiger partial charge is 0.282 e. The number of fused-ring (bicyclic) bond motifs is 1. The zero-order valence-electron chi connectivity index (χ0n) is 21.6. The zero-order valence-corrected chi connectivity index (χ0v) is 25.3. The van der Waals surface area contributed by atoms with Crippen molar-refractivity contribution in [1.29, 1.82) is 0 Å². The summed E-state index contributed by atoms with van der Waals surface area (Å²) in [5, 5.41) is 7.54. The molecule has 0 atom stereocenters. The maximum absolute atomic E-state index is 13.4. The third kappa shape index (κ3) is 6.82. The molecule has 0 aliphatic rings. The van der Waals surface area contributed by atoms with Gasteiger partial charge < -0.3 is 14.8 Å². The quantitative estimate of drug-likeness (QED) is 0.185. The fourth-order valence-corrected chi connectivity index (χ4v) is 4.86. The zero-order chi connectivity index (χ0) is 28.3. The number of nitrogens with zero attached hydrogens (tertiary/aromatic N) is 3. The van der Waals surface area contributed by atoms with Crippen molar-refractivity contribution in [3.05, 3.63) is 90.2 Å². The number of methoxy groups -OCH3 is 1. The fraction of sp³-hybridized carbons (Fsp3) is 0.214. The van der Waals surface area contributed by atoms with Gasteiger partial charge in [-0.25, -0.2) is 9.37 Å². The standard InChI is InChI=1S/C28H25BrFIN4O4/c1-28(2,3)27-34-22-9-8-17(29)12-20(22)26(37)35(27)32-14-16-10-21(31)25(23(11-16)38-4)39-15-24(36)33-19-7-5-6-18(30)13-19/h5-14H,15H2,1-4H3,(H,33,36). The largest absolute Gasteiger partial charge is 0.493 e. The first-order valence-electron chi connectivity index (χ1n) is 11.8. The van der Waals surface area contributed by atoms with E-state index in [1.165, 1.54) is 30.0 Å². The highest BCUT2D eigenvalue weighted by molar-refractivity contribution is 14.1. The Kier molecular flexibility index (Phi) is 8.70. The molecule has 1 N–H and O–H groups in total. The van der Waals surface area contributed by atoms with E-state index < -0.39 is 17.1 Å². The number of carbonyl (C=O) groups is 1. The first-order valence-corrected chi connectivity index (χ1v) is 13.7. The van der Waals surface area contributed by atoms with Gasteiger partial charge in [0.1, 0.15) is 11.6 Å². The number of nitrogens with one attached hydrogen (secondary N) is 1. The minimum absolute atomic E-state index is 0.284. The van der Waals surface area contributed by atoms with Crippen molar-refractivity contribution in [3.8, 4) is 11.5 Å². The van der Waals surface area contributed by atoms with E-state index in [2.05, 4.69) is 48.9 Å². The number of aromatic nitrogens is 2. The van der Waals surface area contributed by atoms with Crippen molar-refractivity contribution in [2.75, 3.05) is 19.0 Å². The van der Waals surface area contributed by atoms with Gasteiger partial charge in [0.2, 0.25) is 0 Å². The van der Waals surface area contributed by atoms with E-state index in [-0.39, 0.29) is 12.2 Å². The first-order chi connectivity index (χ1) is 18.5. The second-order valence-corrected chi connectivity index (χ2v) is 11.7. The molecule has 0 aliphatic carbocycles. The van der Waals surface area contributed by atoms with Gasteiger partial charge in [0.15, 0.2) is 18.1 Å². The monoisotopic (exact) mass is 706 g/mol. The number of rotatable bonds is 7. The summed E-state index contributed by atoms with van der Waals surface area (Å²) in [5.74, 6) is 0.366. The van der Waals surface area contributed by atoms with Crippen LogP contribution in [0, 0.1) is 9.39 Å². The Bertz CT molecular complexity index is 1650. The van der Waals surface area contributed by atoms with Gasteiger partial charge in [-0.2, -0.15) is 9.78 Å². The molecule has 1 amide bonds. The van der Waals surface area contributed by atoms with Crippen LogP contribution in [0.15, 0.2) is 69.0 Å². The average Bonchev–Trinajstić information content (AvgIpc) is 2.86. The van der Waals surface area contributed by atoms with Crippen molar-refractivity contribution in [2.24, 2.45) is 5.10 Å². The molecule has 39 heavy (non-hydrogen) atoms. The van der Waals surface area contributed by atoms with Gasteiger partial charge in [-0.3, -0.25) is 9.59 Å². The molecule has 0 saturated heterocycles. The van der Waals surface area contributed by atoms with Gasteiger partial charge in [0.25, 0.3) is 11.5 Å². The number of halogens is 3. The Morgan fingerprint density at radius 1 is 1.21 bits per heavy atom. The molecule has 0 radical (unpaired) electrons. The van der Waals surface area contributed by atoms with Crippen LogP contribution >= 0.6 is 38.5 Å². The Morgan fingerprint density at radius 3 is 2.67 bits per heavy atom. The van der Waals surface area contributed by atoms with Crippen LogP contribution in [0.3, 0.4) is 0 Å². The van der Waals surface area contributed by atoms with Gasteiger partial charge in [-0.05, 0) is 76.7 Å². The molecule has 0 spiro atoms. The number of carbonyl (C=O) groups excluding carboxylic acids is 1. The van der Waals surface area contributed by atoms with Crippen LogP contribution in [-0.4, -0.2) is 35.5 Å². The van der Waals surface area contributed by atoms with Crippen molar-refractivity contribution in [3.63, 3.8) is 0 Å². The van der Waals surface area contributed by atoms with Crippen molar-refractivity contribution in [2.45, 2.75) is 26.2 Å². The number of hydrogen-bond acceptors (Lipinski definition) is 6. The lowest BCUT2D eigenvalue weighted by molar-refractivity contribution is -0.118. The molecule has 11 heteroatoms. The summed E-state index contributed by atoms with van der Waals surface area (Å²) in [6.45, 7) is 5.59. The summed E-state index contributed by atoms with van der Waals surface area (Å²) in [4.78, 5) is 30.5. The summed E-state index contributed by atoms with van der Waals surface area (Å²) < 4.78 is 27.4. The molecule has 4 aromatic rings. The predicted molar refractivity (Wildman–Crippen MR) is 162 cm³/mol. The summed E-state index contributed by atoms with van der Waals surface area (Å²) in [5.41, 5.74) is 0.839. The lowest BCUT2D eigenvalue weighted by Gasteiger charge is -2.21. The maximum Gasteiger partial charge on any atom is 0.282 e. The molecule has 4 rings (SSSR count). The van der Waals surface area contributed by atoms with E-state index in [1.807, 2.05) is 26.8 Å². The minimum Gasteiger partial charge on any atom is -0.493 e. The molecule has 0 saturated carbocycles. The molecule has 8 nitrogen and oxygen atoms in total. The lowest BCUT2D eigenvalue weighted by Crippen LogP contribution is -2.29. The van der Waals surface area contributed by atoms with E-state index in [0.29, 0.717) is 43.0 Å². The third-order valence-electron chi connectivity index (χ3n) is 5.51. The summed E-state index contributed by atoms with van der Waals surface area (Å²) in [7, 11) is 1.49. The third-order valence-corrected chi connectivity index (χ3v) is 6.80. The highest BCUT2D eigenvalue weighted by Gasteiger charge is 2.23. The van der Waals surface area contributed by atoms with Gasteiger partial charge in [0, 0.05) is 15.6 Å². The average molecular weight is 707 g/mol. The molecule has 202 valence electrons. The van der Waals surface area contributed by atoms with Crippen LogP contribution in [0.25, 0.3) is 10.9 Å². The van der Waals surface area contributed by atoms with Crippen molar-refractivity contribution < 1.29 is 18.7 Å². The molecule has 0 aliphatic heterocycles. The number of benzene rings is 3. The summed E-state index contributed by atoms with van der Waals surface area (Å²) >= 11 is 5.49. The highest BCUT2D eigenvalue weighted by atomic mass is 127. The number of ether oxygens (including phenoxy) is 2. The topological polar surface area (TPSA) is 94.8 Å². The summed E-state index contributed by atoms with van der Waals surface area (Å²) in [6.07, 6.45) is 1.55. The van der Waals surface area contributed by atoms with Crippen LogP contribution < -0.4 is 20.3 Å². The van der Waals surface area contributed by atoms with E-state index in [9.17, 15) is 14.0 Å². The molecule has 1 heterocycles. The van der Waals surface area contributed by atoms with Crippen LogP contribution in [0.1, 0.15) is 32.2 Å². The Hall–Kier alpha value is -3.32. The Balaban J connectivity index is 1.62. The molecule has 0 bridgehead atoms. The number of hydrogen-bond donors (Lipinski definition) is 1. The van der Waals surface area contributed by atoms with Crippen LogP contribution in [0.4, 0.5) is 10.1 Å². The van der Waals surface area contributed by atoms with E-state index in [0.717, 1.165) is 4.47 Å². The molecule has 1 aromatic heterocycles. The second-order valence-electron chi connectivity index (χ2n) is 9.59. The molecule has 3 aromatic carbocycles. The molecular weight excluding hydrogens is 682 g/mol. The van der Waals surface area contributed by atoms with Crippen LogP contribution in [0.2, 0.25) is 0 Å². The molecular formula is C28H25BrFIN4O4. The molecule has 0 fully saturated rings. The predicted octanol–water partition coefficient (Wildman–Crippen LogP) is 6.11. The van der Waals surface area contributed by atoms with E-state index in [4.69, 9.17) is 14.5 Å². The second kappa shape index (κ2) is 11.8. The highest BCUT2D eigenvalue weighted by Crippen LogP contribution is 2.33. The fourth-order valence-electron chi connectivity index (χ4n) is 3.72. The number of amides is 1. The van der Waals surface area contributed by atoms with Gasteiger partial charge in [-0.15, -0.1) is 0 Å². The Labute approximate surface area is 246 Å². The van der Waals surface area contributed by atoms with Gasteiger partial charge >= 0.3 is 0 Å². The molecule has 0 unspecified atom stereocenters. The van der Waals surface area contributed by atoms with Crippen LogP contribution in [-0.2, 0) is 10.2 Å². The summed E-state index contributed by atoms with van der Waals surface area (Å²) in [6, 6.07) is 14.5. The van der Waals surface area contributed by atoms with Crippen molar-refractivity contribution in [1.82, 2.24) is 9.66 Å². The van der Waals surface area contributed by atoms with Crippen LogP contribution in [0.5, 0.6) is 11.5 Å². The lowest BCUT2D eigenvalue weighted by atomic mass is 9.95. The van der Waals surface area contributed by atoms with Gasteiger partial charge in [0.05, 0.1) is 27.8 Å².